The van der Waals surface area contributed by atoms with Gasteiger partial charge < -0.3 is 10.2 Å². The maximum atomic E-state index is 12.4. The van der Waals surface area contributed by atoms with E-state index in [0.29, 0.717) is 6.54 Å². The first-order chi connectivity index (χ1) is 10.7. The summed E-state index contributed by atoms with van der Waals surface area (Å²) in [5, 5.41) is 5.06. The number of carbonyl (C=O) groups is 1. The second kappa shape index (κ2) is 8.48. The molecule has 1 N–H and O–H groups in total. The highest BCUT2D eigenvalue weighted by Crippen LogP contribution is 2.19. The first kappa shape index (κ1) is 16.4. The lowest BCUT2D eigenvalue weighted by Gasteiger charge is -2.23. The van der Waals surface area contributed by atoms with Crippen LogP contribution in [0.5, 0.6) is 0 Å². The molecule has 0 radical (unpaired) electrons. The molecule has 1 atom stereocenters. The second-order valence-corrected chi connectivity index (χ2v) is 5.99. The van der Waals surface area contributed by atoms with Gasteiger partial charge in [0, 0.05) is 24.8 Å². The fourth-order valence-corrected chi connectivity index (χ4v) is 2.75. The number of carbonyl (C=O) groups excluding carboxylic acids is 1. The van der Waals surface area contributed by atoms with E-state index < -0.39 is 0 Å². The van der Waals surface area contributed by atoms with E-state index in [1.165, 1.54) is 11.3 Å². The molecule has 118 valence electrons. The third-order valence-corrected chi connectivity index (χ3v) is 4.10. The number of aromatic nitrogens is 2. The molecule has 2 aromatic rings. The molecule has 0 fully saturated rings. The number of rotatable bonds is 7. The first-order valence-electron chi connectivity index (χ1n) is 7.49. The molecule has 0 aliphatic carbocycles. The smallest absolute Gasteiger partial charge is 0.317 e. The van der Waals surface area contributed by atoms with Gasteiger partial charge in [0.2, 0.25) is 0 Å². The van der Waals surface area contributed by atoms with E-state index in [4.69, 9.17) is 0 Å². The highest BCUT2D eigenvalue weighted by atomic mass is 32.1. The average Bonchev–Trinajstić information content (AvgIpc) is 3.05. The molecule has 2 aromatic heterocycles. The third-order valence-electron chi connectivity index (χ3n) is 3.46. The Labute approximate surface area is 135 Å². The van der Waals surface area contributed by atoms with Crippen LogP contribution in [-0.2, 0) is 6.54 Å². The minimum atomic E-state index is -0.0852. The van der Waals surface area contributed by atoms with E-state index in [2.05, 4.69) is 22.2 Å². The Morgan fingerprint density at radius 1 is 1.50 bits per heavy atom. The molecule has 5 nitrogen and oxygen atoms in total. The van der Waals surface area contributed by atoms with Gasteiger partial charge in [-0.1, -0.05) is 25.8 Å². The predicted molar refractivity (Wildman–Crippen MR) is 88.6 cm³/mol. The van der Waals surface area contributed by atoms with Gasteiger partial charge >= 0.3 is 6.03 Å². The van der Waals surface area contributed by atoms with Crippen LogP contribution in [0.4, 0.5) is 4.79 Å². The van der Waals surface area contributed by atoms with Gasteiger partial charge in [0.05, 0.1) is 23.8 Å². The van der Waals surface area contributed by atoms with Crippen molar-refractivity contribution in [2.45, 2.75) is 38.8 Å². The highest BCUT2D eigenvalue weighted by molar-refractivity contribution is 7.07. The van der Waals surface area contributed by atoms with E-state index in [9.17, 15) is 4.79 Å². The van der Waals surface area contributed by atoms with Gasteiger partial charge in [-0.15, -0.1) is 11.3 Å². The summed E-state index contributed by atoms with van der Waals surface area (Å²) in [7, 11) is 1.79. The Morgan fingerprint density at radius 2 is 2.36 bits per heavy atom. The van der Waals surface area contributed by atoms with Gasteiger partial charge in [-0.25, -0.2) is 9.78 Å². The zero-order chi connectivity index (χ0) is 15.8. The van der Waals surface area contributed by atoms with E-state index in [1.807, 2.05) is 23.7 Å². The zero-order valence-electron chi connectivity index (χ0n) is 13.0. The van der Waals surface area contributed by atoms with E-state index in [0.717, 1.165) is 30.5 Å². The normalized spacial score (nSPS) is 11.9. The van der Waals surface area contributed by atoms with Crippen LogP contribution >= 0.6 is 11.3 Å². The number of urea groups is 1. The van der Waals surface area contributed by atoms with Gasteiger partial charge in [-0.05, 0) is 18.1 Å². The third kappa shape index (κ3) is 4.80. The van der Waals surface area contributed by atoms with Crippen molar-refractivity contribution in [1.82, 2.24) is 20.2 Å². The number of pyridine rings is 1. The first-order valence-corrected chi connectivity index (χ1v) is 8.43. The van der Waals surface area contributed by atoms with Crippen molar-refractivity contribution in [3.8, 4) is 0 Å². The zero-order valence-corrected chi connectivity index (χ0v) is 13.8. The van der Waals surface area contributed by atoms with Crippen LogP contribution in [0.3, 0.4) is 0 Å². The lowest BCUT2D eigenvalue weighted by molar-refractivity contribution is 0.201. The van der Waals surface area contributed by atoms with Gasteiger partial charge in [0.1, 0.15) is 0 Å². The number of thiazole rings is 1. The quantitative estimate of drug-likeness (QED) is 0.848. The fourth-order valence-electron chi connectivity index (χ4n) is 2.20. The molecule has 0 saturated carbocycles. The molecule has 1 unspecified atom stereocenters. The Balaban J connectivity index is 1.98. The summed E-state index contributed by atoms with van der Waals surface area (Å²) in [5.41, 5.74) is 3.74. The van der Waals surface area contributed by atoms with Crippen LogP contribution < -0.4 is 5.32 Å². The van der Waals surface area contributed by atoms with Crippen LogP contribution in [0.1, 0.15) is 43.5 Å². The monoisotopic (exact) mass is 318 g/mol. The number of hydrogen-bond donors (Lipinski definition) is 1. The summed E-state index contributed by atoms with van der Waals surface area (Å²) in [6.45, 7) is 2.67. The topological polar surface area (TPSA) is 58.1 Å². The summed E-state index contributed by atoms with van der Waals surface area (Å²) >= 11 is 1.54. The van der Waals surface area contributed by atoms with Crippen LogP contribution in [0.15, 0.2) is 35.4 Å². The minimum absolute atomic E-state index is 0.000895. The lowest BCUT2D eigenvalue weighted by Crippen LogP contribution is -2.39. The summed E-state index contributed by atoms with van der Waals surface area (Å²) < 4.78 is 0. The second-order valence-electron chi connectivity index (χ2n) is 5.27. The summed E-state index contributed by atoms with van der Waals surface area (Å²) in [6.07, 6.45) is 6.65. The van der Waals surface area contributed by atoms with Gasteiger partial charge in [-0.2, -0.15) is 0 Å². The van der Waals surface area contributed by atoms with Gasteiger partial charge in [0.15, 0.2) is 0 Å². The van der Waals surface area contributed by atoms with Crippen molar-refractivity contribution in [2.75, 3.05) is 7.05 Å². The van der Waals surface area contributed by atoms with Crippen molar-refractivity contribution < 1.29 is 4.79 Å². The number of hydrogen-bond acceptors (Lipinski definition) is 4. The van der Waals surface area contributed by atoms with Crippen molar-refractivity contribution in [3.05, 3.63) is 46.7 Å². The summed E-state index contributed by atoms with van der Waals surface area (Å²) in [5.74, 6) is 0. The van der Waals surface area contributed by atoms with Gasteiger partial charge in [0.25, 0.3) is 0 Å². The molecule has 22 heavy (non-hydrogen) atoms. The molecule has 0 aliphatic rings. The SMILES string of the molecule is CCCCC(NC(=O)N(C)Cc1cscn1)c1cccnc1. The fraction of sp³-hybridized carbons (Fsp3) is 0.438. The van der Waals surface area contributed by atoms with Crippen LogP contribution in [0.25, 0.3) is 0 Å². The summed E-state index contributed by atoms with van der Waals surface area (Å²) in [4.78, 5) is 22.4. The predicted octanol–water partition coefficient (Wildman–Crippen LogP) is 3.61. The largest absolute Gasteiger partial charge is 0.331 e. The molecule has 2 amide bonds. The molecule has 0 saturated heterocycles. The standard InChI is InChI=1S/C16H22N4OS/c1-3-4-7-15(13-6-5-8-17-9-13)19-16(21)20(2)10-14-11-22-12-18-14/h5-6,8-9,11-12,15H,3-4,7,10H2,1-2H3,(H,19,21). The average molecular weight is 318 g/mol. The molecule has 6 heteroatoms. The van der Waals surface area contributed by atoms with Crippen molar-refractivity contribution in [3.63, 3.8) is 0 Å². The number of amides is 2. The van der Waals surface area contributed by atoms with Crippen LogP contribution in [0, 0.1) is 0 Å². The van der Waals surface area contributed by atoms with E-state index in [1.54, 1.807) is 23.7 Å². The minimum Gasteiger partial charge on any atom is -0.331 e. The molecular formula is C16H22N4OS. The Morgan fingerprint density at radius 3 is 3.00 bits per heavy atom. The number of nitrogens with one attached hydrogen (secondary N) is 1. The van der Waals surface area contributed by atoms with Crippen molar-refractivity contribution in [1.29, 1.82) is 0 Å². The van der Waals surface area contributed by atoms with Crippen molar-refractivity contribution >= 4 is 17.4 Å². The molecule has 0 bridgehead atoms. The molecule has 0 aromatic carbocycles. The number of unbranched alkanes of at least 4 members (excludes halogenated alkanes) is 1. The maximum absolute atomic E-state index is 12.4. The Bertz CT molecular complexity index is 559. The number of nitrogens with zero attached hydrogens (tertiary/aromatic N) is 3. The Hall–Kier alpha value is -1.95. The van der Waals surface area contributed by atoms with E-state index in [-0.39, 0.29) is 12.1 Å². The lowest BCUT2D eigenvalue weighted by atomic mass is 10.0. The molecule has 0 spiro atoms. The maximum Gasteiger partial charge on any atom is 0.317 e. The molecule has 2 heterocycles. The van der Waals surface area contributed by atoms with E-state index >= 15 is 0 Å². The van der Waals surface area contributed by atoms with Crippen LogP contribution in [-0.4, -0.2) is 27.9 Å². The van der Waals surface area contributed by atoms with Crippen LogP contribution in [0.2, 0.25) is 0 Å². The molecule has 2 rings (SSSR count). The molecular weight excluding hydrogens is 296 g/mol. The van der Waals surface area contributed by atoms with Crippen molar-refractivity contribution in [2.24, 2.45) is 0 Å². The van der Waals surface area contributed by atoms with Gasteiger partial charge in [-0.3, -0.25) is 4.98 Å². The Kier molecular flexibility index (Phi) is 6.33. The molecule has 0 aliphatic heterocycles. The summed E-state index contributed by atoms with van der Waals surface area (Å²) in [6, 6.07) is 3.82. The highest BCUT2D eigenvalue weighted by Gasteiger charge is 2.17.